The van der Waals surface area contributed by atoms with Crippen LogP contribution in [0.5, 0.6) is 0 Å². The minimum Gasteiger partial charge on any atom is -0.397 e. The molecule has 1 aromatic heterocycles. The van der Waals surface area contributed by atoms with Gasteiger partial charge in [0.2, 0.25) is 0 Å². The number of halogens is 3. The molecule has 0 saturated carbocycles. The van der Waals surface area contributed by atoms with E-state index in [0.29, 0.717) is 0 Å². The summed E-state index contributed by atoms with van der Waals surface area (Å²) >= 11 is 0. The molecule has 2 rings (SSSR count). The van der Waals surface area contributed by atoms with Gasteiger partial charge < -0.3 is 13.8 Å². The lowest BCUT2D eigenvalue weighted by atomic mass is 9.86. The van der Waals surface area contributed by atoms with E-state index in [9.17, 15) is 13.2 Å². The van der Waals surface area contributed by atoms with E-state index in [1.54, 1.807) is 0 Å². The molecule has 2 heterocycles. The summed E-state index contributed by atoms with van der Waals surface area (Å²) in [6.45, 7) is 7.39. The van der Waals surface area contributed by atoms with Crippen molar-refractivity contribution in [2.45, 2.75) is 51.5 Å². The van der Waals surface area contributed by atoms with Crippen molar-refractivity contribution in [1.29, 1.82) is 0 Å². The van der Waals surface area contributed by atoms with Crippen LogP contribution in [0.3, 0.4) is 0 Å². The van der Waals surface area contributed by atoms with Crippen LogP contribution in [0.4, 0.5) is 13.2 Å². The van der Waals surface area contributed by atoms with Crippen LogP contribution >= 0.6 is 0 Å². The smallest absolute Gasteiger partial charge is 0.397 e. The Bertz CT molecular complexity index is 454. The molecule has 8 heteroatoms. The first-order chi connectivity index (χ1) is 8.50. The fraction of sp³-hybridized carbons (Fsp3) is 0.727. The molecule has 19 heavy (non-hydrogen) atoms. The summed E-state index contributed by atoms with van der Waals surface area (Å²) in [5.74, 6) is 0. The lowest BCUT2D eigenvalue weighted by molar-refractivity contribution is -0.128. The maximum Gasteiger partial charge on any atom is 0.535 e. The predicted octanol–water partition coefficient (Wildman–Crippen LogP) is 2.08. The van der Waals surface area contributed by atoms with Gasteiger partial charge in [0.1, 0.15) is 0 Å². The van der Waals surface area contributed by atoms with Crippen LogP contribution in [0, 0.1) is 0 Å². The molecular weight excluding hydrogens is 262 g/mol. The Hall–Kier alpha value is -1.02. The molecule has 1 aromatic rings. The number of hydrogen-bond donors (Lipinski definition) is 0. The predicted molar refractivity (Wildman–Crippen MR) is 62.0 cm³/mol. The molecule has 0 unspecified atom stereocenters. The highest BCUT2D eigenvalue weighted by Crippen LogP contribution is 2.36. The summed E-state index contributed by atoms with van der Waals surface area (Å²) in [5, 5.41) is 3.39. The lowest BCUT2D eigenvalue weighted by Crippen LogP contribution is -2.41. The van der Waals surface area contributed by atoms with Crippen molar-refractivity contribution < 1.29 is 27.0 Å². The van der Waals surface area contributed by atoms with Crippen molar-refractivity contribution in [3.63, 3.8) is 0 Å². The minimum absolute atomic E-state index is 0.151. The minimum atomic E-state index is -4.32. The Labute approximate surface area is 109 Å². The Kier molecular flexibility index (Phi) is 3.21. The first-order valence-electron chi connectivity index (χ1n) is 5.88. The quantitative estimate of drug-likeness (QED) is 0.776. The van der Waals surface area contributed by atoms with Gasteiger partial charge in [0.05, 0.1) is 23.3 Å². The fourth-order valence-corrected chi connectivity index (χ4v) is 1.69. The van der Waals surface area contributed by atoms with Crippen molar-refractivity contribution in [2.75, 3.05) is 0 Å². The van der Waals surface area contributed by atoms with Crippen LogP contribution in [0.1, 0.15) is 33.4 Å². The summed E-state index contributed by atoms with van der Waals surface area (Å²) in [4.78, 5) is 0. The maximum atomic E-state index is 12.2. The second-order valence-corrected chi connectivity index (χ2v) is 5.60. The van der Waals surface area contributed by atoms with Gasteiger partial charge in [-0.3, -0.25) is 0 Å². The van der Waals surface area contributed by atoms with Gasteiger partial charge in [-0.15, -0.1) is 0 Å². The molecule has 1 saturated heterocycles. The van der Waals surface area contributed by atoms with Crippen molar-refractivity contribution in [2.24, 2.45) is 0 Å². The Morgan fingerprint density at radius 2 is 1.68 bits per heavy atom. The van der Waals surface area contributed by atoms with Gasteiger partial charge in [0, 0.05) is 6.07 Å². The van der Waals surface area contributed by atoms with E-state index in [-0.39, 0.29) is 11.4 Å². The largest absolute Gasteiger partial charge is 0.535 e. The molecule has 1 fully saturated rings. The number of rotatable bonds is 2. The molecule has 1 aliphatic heterocycles. The van der Waals surface area contributed by atoms with Crippen molar-refractivity contribution in [1.82, 2.24) is 5.16 Å². The molecule has 0 atom stereocenters. The van der Waals surface area contributed by atoms with Crippen LogP contribution in [-0.4, -0.2) is 29.7 Å². The van der Waals surface area contributed by atoms with Gasteiger partial charge in [0.25, 0.3) is 0 Å². The van der Waals surface area contributed by atoms with Gasteiger partial charge in [-0.1, -0.05) is 5.16 Å². The normalized spacial score (nSPS) is 21.9. The molecule has 1 aliphatic rings. The summed E-state index contributed by atoms with van der Waals surface area (Å²) in [7, 11) is -0.834. The van der Waals surface area contributed by atoms with Crippen LogP contribution < -0.4 is 5.66 Å². The number of aromatic nitrogens is 1. The molecule has 0 N–H and O–H groups in total. The molecule has 0 amide bonds. The Balaban J connectivity index is 2.13. The van der Waals surface area contributed by atoms with E-state index < -0.39 is 30.9 Å². The van der Waals surface area contributed by atoms with Gasteiger partial charge in [-0.05, 0) is 27.7 Å². The van der Waals surface area contributed by atoms with Crippen LogP contribution in [0.15, 0.2) is 10.6 Å². The average molecular weight is 277 g/mol. The Morgan fingerprint density at radius 1 is 1.16 bits per heavy atom. The zero-order valence-corrected chi connectivity index (χ0v) is 11.2. The molecule has 0 bridgehead atoms. The molecule has 4 nitrogen and oxygen atoms in total. The first-order valence-corrected chi connectivity index (χ1v) is 5.88. The third kappa shape index (κ3) is 2.95. The molecule has 0 aromatic carbocycles. The molecule has 0 radical (unpaired) electrons. The third-order valence-corrected chi connectivity index (χ3v) is 3.44. The molecule has 0 aliphatic carbocycles. The monoisotopic (exact) mass is 277 g/mol. The van der Waals surface area contributed by atoms with Crippen LogP contribution in [-0.2, 0) is 15.7 Å². The van der Waals surface area contributed by atoms with E-state index >= 15 is 0 Å². The first kappa shape index (κ1) is 14.4. The zero-order valence-electron chi connectivity index (χ0n) is 11.2. The van der Waals surface area contributed by atoms with Gasteiger partial charge in [-0.25, -0.2) is 0 Å². The van der Waals surface area contributed by atoms with E-state index in [2.05, 4.69) is 5.16 Å². The van der Waals surface area contributed by atoms with Crippen LogP contribution in [0.25, 0.3) is 0 Å². The highest BCUT2D eigenvalue weighted by Gasteiger charge is 2.53. The summed E-state index contributed by atoms with van der Waals surface area (Å²) in [6.07, 6.45) is -5.44. The van der Waals surface area contributed by atoms with E-state index in [4.69, 9.17) is 13.8 Å². The van der Waals surface area contributed by atoms with E-state index in [0.717, 1.165) is 0 Å². The molecular formula is C11H15BF3NO3. The topological polar surface area (TPSA) is 44.5 Å². The van der Waals surface area contributed by atoms with E-state index in [1.165, 1.54) is 6.07 Å². The molecule has 0 spiro atoms. The third-order valence-electron chi connectivity index (χ3n) is 3.44. The summed E-state index contributed by atoms with van der Waals surface area (Å²) in [5.41, 5.74) is -1.18. The maximum absolute atomic E-state index is 12.2. The average Bonchev–Trinajstić information content (AvgIpc) is 2.68. The summed E-state index contributed by atoms with van der Waals surface area (Å²) in [6, 6.07) is 1.22. The van der Waals surface area contributed by atoms with Crippen molar-refractivity contribution >= 4 is 12.8 Å². The number of hydrogen-bond acceptors (Lipinski definition) is 4. The fourth-order valence-electron chi connectivity index (χ4n) is 1.69. The SMILES string of the molecule is CC1(C)OB(c2cc(CC(F)(F)F)no2)OC1(C)C. The van der Waals surface area contributed by atoms with Gasteiger partial charge in [0.15, 0.2) is 5.66 Å². The summed E-state index contributed by atoms with van der Waals surface area (Å²) < 4.78 is 52.9. The van der Waals surface area contributed by atoms with E-state index in [1.807, 2.05) is 27.7 Å². The van der Waals surface area contributed by atoms with Crippen molar-refractivity contribution in [3.05, 3.63) is 11.8 Å². The van der Waals surface area contributed by atoms with Crippen LogP contribution in [0.2, 0.25) is 0 Å². The second kappa shape index (κ2) is 4.24. The number of nitrogens with zero attached hydrogens (tertiary/aromatic N) is 1. The lowest BCUT2D eigenvalue weighted by Gasteiger charge is -2.32. The standard InChI is InChI=1S/C11H15BF3NO3/c1-9(2)10(3,4)19-12(18-9)8-5-7(16-17-8)6-11(13,14)15/h5H,6H2,1-4H3. The van der Waals surface area contributed by atoms with Gasteiger partial charge in [-0.2, -0.15) is 13.2 Å². The highest BCUT2D eigenvalue weighted by molar-refractivity contribution is 6.60. The second-order valence-electron chi connectivity index (χ2n) is 5.60. The Morgan fingerprint density at radius 3 is 2.16 bits per heavy atom. The van der Waals surface area contributed by atoms with Crippen molar-refractivity contribution in [3.8, 4) is 0 Å². The molecule has 106 valence electrons. The highest BCUT2D eigenvalue weighted by atomic mass is 19.4. The number of alkyl halides is 3. The zero-order chi connectivity index (χ0) is 14.5. The van der Waals surface area contributed by atoms with Gasteiger partial charge >= 0.3 is 13.3 Å².